The smallest absolute Gasteiger partial charge is 0.347 e. The van der Waals surface area contributed by atoms with Crippen LogP contribution in [0.1, 0.15) is 21.1 Å². The average molecular weight is 219 g/mol. The maximum absolute atomic E-state index is 12.5. The molecule has 1 fully saturated rings. The zero-order valence-electron chi connectivity index (χ0n) is 7.04. The molecule has 1 aromatic rings. The van der Waals surface area contributed by atoms with Gasteiger partial charge in [0.1, 0.15) is 4.88 Å². The molecule has 6 heteroatoms. The fourth-order valence-corrected chi connectivity index (χ4v) is 2.04. The van der Waals surface area contributed by atoms with E-state index in [9.17, 15) is 13.6 Å². The Labute approximate surface area is 82.4 Å². The Balaban J connectivity index is 2.01. The molecule has 1 heterocycles. The van der Waals surface area contributed by atoms with E-state index in [4.69, 9.17) is 5.11 Å². The third-order valence-electron chi connectivity index (χ3n) is 2.14. The first kappa shape index (κ1) is 9.51. The van der Waals surface area contributed by atoms with Crippen molar-refractivity contribution < 1.29 is 18.7 Å². The van der Waals surface area contributed by atoms with Gasteiger partial charge in [0.05, 0.1) is 11.2 Å². The van der Waals surface area contributed by atoms with Gasteiger partial charge in [-0.05, 0) is 0 Å². The largest absolute Gasteiger partial charge is 0.477 e. The third kappa shape index (κ3) is 1.75. The van der Waals surface area contributed by atoms with Crippen LogP contribution >= 0.6 is 11.3 Å². The molecule has 1 N–H and O–H groups in total. The summed E-state index contributed by atoms with van der Waals surface area (Å²) in [5.74, 6) is -4.26. The summed E-state index contributed by atoms with van der Waals surface area (Å²) in [6, 6.07) is 0. The average Bonchev–Trinajstić information content (AvgIpc) is 2.51. The molecule has 14 heavy (non-hydrogen) atoms. The molecule has 2 rings (SSSR count). The van der Waals surface area contributed by atoms with Gasteiger partial charge in [0.25, 0.3) is 5.92 Å². The van der Waals surface area contributed by atoms with Crippen LogP contribution in [0.25, 0.3) is 0 Å². The van der Waals surface area contributed by atoms with E-state index >= 15 is 0 Å². The summed E-state index contributed by atoms with van der Waals surface area (Å²) in [6.07, 6.45) is 1.29. The first-order valence-electron chi connectivity index (χ1n) is 4.05. The minimum absolute atomic E-state index is 0.101. The molecule has 0 aromatic carbocycles. The summed E-state index contributed by atoms with van der Waals surface area (Å²) in [6.45, 7) is 0. The van der Waals surface area contributed by atoms with Gasteiger partial charge >= 0.3 is 5.97 Å². The van der Waals surface area contributed by atoms with Crippen molar-refractivity contribution >= 4 is 17.3 Å². The first-order valence-corrected chi connectivity index (χ1v) is 4.86. The van der Waals surface area contributed by atoms with Gasteiger partial charge in [0, 0.05) is 18.8 Å². The molecule has 1 saturated carbocycles. The summed E-state index contributed by atoms with van der Waals surface area (Å²) in [5.41, 5.74) is 0. The van der Waals surface area contributed by atoms with Crippen LogP contribution in [-0.2, 0) is 6.42 Å². The highest BCUT2D eigenvalue weighted by Crippen LogP contribution is 2.50. The van der Waals surface area contributed by atoms with Crippen LogP contribution in [0.3, 0.4) is 0 Å². The zero-order chi connectivity index (χ0) is 10.3. The van der Waals surface area contributed by atoms with Crippen LogP contribution < -0.4 is 0 Å². The van der Waals surface area contributed by atoms with Crippen molar-refractivity contribution in [2.75, 3.05) is 0 Å². The van der Waals surface area contributed by atoms with Gasteiger partial charge < -0.3 is 5.11 Å². The fraction of sp³-hybridized carbons (Fsp3) is 0.500. The van der Waals surface area contributed by atoms with Gasteiger partial charge in [0.2, 0.25) is 0 Å². The van der Waals surface area contributed by atoms with Crippen molar-refractivity contribution in [3.05, 3.63) is 16.1 Å². The number of carboxylic acid groups (broad SMARTS) is 1. The molecular weight excluding hydrogens is 212 g/mol. The Hall–Kier alpha value is -1.04. The molecule has 1 atom stereocenters. The van der Waals surface area contributed by atoms with Crippen LogP contribution in [0.4, 0.5) is 8.78 Å². The summed E-state index contributed by atoms with van der Waals surface area (Å²) in [5, 5.41) is 9.05. The molecule has 0 amide bonds. The van der Waals surface area contributed by atoms with Gasteiger partial charge in [-0.2, -0.15) is 0 Å². The van der Waals surface area contributed by atoms with Gasteiger partial charge in [-0.15, -0.1) is 11.3 Å². The Morgan fingerprint density at radius 3 is 2.86 bits per heavy atom. The SMILES string of the molecule is O=C(O)c1cnc(CC2CC2(F)F)s1. The molecule has 0 bridgehead atoms. The van der Waals surface area contributed by atoms with Gasteiger partial charge in [-0.3, -0.25) is 0 Å². The standard InChI is InChI=1S/C8H7F2NO2S/c9-8(10)2-4(8)1-6-11-3-5(14-6)7(12)13/h3-4H,1-2H2,(H,12,13). The van der Waals surface area contributed by atoms with Crippen LogP contribution in [-0.4, -0.2) is 22.0 Å². The number of nitrogens with zero attached hydrogens (tertiary/aromatic N) is 1. The van der Waals surface area contributed by atoms with Crippen molar-refractivity contribution in [2.24, 2.45) is 5.92 Å². The number of hydrogen-bond acceptors (Lipinski definition) is 3. The summed E-state index contributed by atoms with van der Waals surface area (Å²) in [7, 11) is 0. The minimum atomic E-state index is -2.56. The number of alkyl halides is 2. The summed E-state index contributed by atoms with van der Waals surface area (Å²) < 4.78 is 25.0. The molecule has 0 saturated heterocycles. The molecule has 1 aliphatic carbocycles. The number of halogens is 2. The lowest BCUT2D eigenvalue weighted by molar-refractivity contribution is 0.0701. The molecule has 1 aliphatic rings. The monoisotopic (exact) mass is 219 g/mol. The second-order valence-corrected chi connectivity index (χ2v) is 4.40. The lowest BCUT2D eigenvalue weighted by atomic mass is 10.3. The van der Waals surface area contributed by atoms with Crippen LogP contribution in [0.2, 0.25) is 0 Å². The van der Waals surface area contributed by atoms with Crippen molar-refractivity contribution in [3.8, 4) is 0 Å². The number of carbonyl (C=O) groups is 1. The van der Waals surface area contributed by atoms with E-state index < -0.39 is 17.8 Å². The number of aromatic nitrogens is 1. The number of hydrogen-bond donors (Lipinski definition) is 1. The highest BCUT2D eigenvalue weighted by molar-refractivity contribution is 7.13. The maximum Gasteiger partial charge on any atom is 0.347 e. The van der Waals surface area contributed by atoms with Crippen molar-refractivity contribution in [3.63, 3.8) is 0 Å². The molecule has 0 aliphatic heterocycles. The van der Waals surface area contributed by atoms with Gasteiger partial charge in [0.15, 0.2) is 0 Å². The number of rotatable bonds is 3. The van der Waals surface area contributed by atoms with Crippen molar-refractivity contribution in [2.45, 2.75) is 18.8 Å². The van der Waals surface area contributed by atoms with Crippen LogP contribution in [0, 0.1) is 5.92 Å². The zero-order valence-corrected chi connectivity index (χ0v) is 7.85. The fourth-order valence-electron chi connectivity index (χ4n) is 1.21. The maximum atomic E-state index is 12.5. The Morgan fingerprint density at radius 2 is 2.43 bits per heavy atom. The quantitative estimate of drug-likeness (QED) is 0.846. The van der Waals surface area contributed by atoms with E-state index in [1.165, 1.54) is 6.20 Å². The highest BCUT2D eigenvalue weighted by Gasteiger charge is 2.56. The second kappa shape index (κ2) is 2.98. The summed E-state index contributed by atoms with van der Waals surface area (Å²) in [4.78, 5) is 14.4. The Bertz CT molecular complexity index is 377. The number of thiazole rings is 1. The lowest BCUT2D eigenvalue weighted by Gasteiger charge is -1.92. The normalized spacial score (nSPS) is 23.4. The highest BCUT2D eigenvalue weighted by atomic mass is 32.1. The van der Waals surface area contributed by atoms with E-state index in [0.29, 0.717) is 5.01 Å². The first-order chi connectivity index (χ1) is 6.49. The van der Waals surface area contributed by atoms with E-state index in [1.54, 1.807) is 0 Å². The molecule has 0 spiro atoms. The molecular formula is C8H7F2NO2S. The summed E-state index contributed by atoms with van der Waals surface area (Å²) >= 11 is 0.966. The topological polar surface area (TPSA) is 50.2 Å². The molecule has 1 unspecified atom stereocenters. The van der Waals surface area contributed by atoms with Crippen molar-refractivity contribution in [1.82, 2.24) is 4.98 Å². The Kier molecular flexibility index (Phi) is 2.02. The molecule has 76 valence electrons. The minimum Gasteiger partial charge on any atom is -0.477 e. The predicted molar refractivity (Wildman–Crippen MR) is 45.8 cm³/mol. The van der Waals surface area contributed by atoms with Gasteiger partial charge in [-0.1, -0.05) is 0 Å². The molecule has 0 radical (unpaired) electrons. The second-order valence-electron chi connectivity index (χ2n) is 3.29. The number of aromatic carboxylic acids is 1. The molecule has 3 nitrogen and oxygen atoms in total. The predicted octanol–water partition coefficient (Wildman–Crippen LogP) is 2.04. The Morgan fingerprint density at radius 1 is 1.79 bits per heavy atom. The number of carboxylic acids is 1. The molecule has 1 aromatic heterocycles. The van der Waals surface area contributed by atoms with E-state index in [-0.39, 0.29) is 17.7 Å². The van der Waals surface area contributed by atoms with E-state index in [0.717, 1.165) is 11.3 Å². The van der Waals surface area contributed by atoms with Crippen LogP contribution in [0.5, 0.6) is 0 Å². The van der Waals surface area contributed by atoms with Crippen LogP contribution in [0.15, 0.2) is 6.20 Å². The lowest BCUT2D eigenvalue weighted by Crippen LogP contribution is -1.96. The third-order valence-corrected chi connectivity index (χ3v) is 3.15. The van der Waals surface area contributed by atoms with Gasteiger partial charge in [-0.25, -0.2) is 18.6 Å². The van der Waals surface area contributed by atoms with E-state index in [2.05, 4.69) is 4.98 Å². The van der Waals surface area contributed by atoms with E-state index in [1.807, 2.05) is 0 Å². The van der Waals surface area contributed by atoms with Crippen molar-refractivity contribution in [1.29, 1.82) is 0 Å².